The minimum absolute atomic E-state index is 0.155. The third-order valence-electron chi connectivity index (χ3n) is 3.79. The Morgan fingerprint density at radius 2 is 2.00 bits per heavy atom. The first-order valence-corrected chi connectivity index (χ1v) is 6.19. The average Bonchev–Trinajstić information content (AvgIpc) is 3.02. The quantitative estimate of drug-likeness (QED) is 0.799. The molecule has 0 aliphatic heterocycles. The molecule has 2 saturated carbocycles. The van der Waals surface area contributed by atoms with Crippen molar-refractivity contribution in [3.63, 3.8) is 0 Å². The number of rotatable bonds is 3. The highest BCUT2D eigenvalue weighted by molar-refractivity contribution is 7.71. The van der Waals surface area contributed by atoms with Crippen LogP contribution in [0.4, 0.5) is 0 Å². The Morgan fingerprint density at radius 3 is 2.53 bits per heavy atom. The van der Waals surface area contributed by atoms with E-state index < -0.39 is 0 Å². The van der Waals surface area contributed by atoms with E-state index in [0.717, 1.165) is 10.7 Å². The lowest BCUT2D eigenvalue weighted by Gasteiger charge is -2.27. The van der Waals surface area contributed by atoms with Crippen LogP contribution in [-0.4, -0.2) is 14.8 Å². The summed E-state index contributed by atoms with van der Waals surface area (Å²) in [7, 11) is 0. The van der Waals surface area contributed by atoms with Crippen LogP contribution in [0.5, 0.6) is 0 Å². The zero-order chi connectivity index (χ0) is 10.6. The van der Waals surface area contributed by atoms with Crippen molar-refractivity contribution in [3.05, 3.63) is 10.6 Å². The van der Waals surface area contributed by atoms with Gasteiger partial charge < -0.3 is 0 Å². The van der Waals surface area contributed by atoms with Crippen LogP contribution >= 0.6 is 12.2 Å². The van der Waals surface area contributed by atoms with Crippen molar-refractivity contribution in [1.82, 2.24) is 14.8 Å². The molecule has 1 N–H and O–H groups in total. The molecule has 1 aromatic rings. The molecule has 0 saturated heterocycles. The second-order valence-corrected chi connectivity index (χ2v) is 5.81. The van der Waals surface area contributed by atoms with Crippen molar-refractivity contribution in [2.75, 3.05) is 0 Å². The Hall–Kier alpha value is -0.640. The van der Waals surface area contributed by atoms with Gasteiger partial charge in [0, 0.05) is 11.5 Å². The highest BCUT2D eigenvalue weighted by Gasteiger charge is 2.42. The van der Waals surface area contributed by atoms with E-state index in [1.165, 1.54) is 31.5 Å². The molecule has 0 radical (unpaired) electrons. The number of nitrogens with zero attached hydrogens (tertiary/aromatic N) is 2. The van der Waals surface area contributed by atoms with Gasteiger partial charge in [-0.15, -0.1) is 0 Å². The zero-order valence-electron chi connectivity index (χ0n) is 9.29. The van der Waals surface area contributed by atoms with Crippen molar-refractivity contribution >= 4 is 12.2 Å². The molecular formula is C11H17N3S. The largest absolute Gasteiger partial charge is 0.298 e. The standard InChI is InChI=1S/C11H17N3S/c1-11(2,8-5-6-8)14-9(7-3-4-7)12-13-10(14)15/h7-8H,3-6H2,1-2H3,(H,13,15). The average molecular weight is 223 g/mol. The minimum atomic E-state index is 0.155. The van der Waals surface area contributed by atoms with E-state index >= 15 is 0 Å². The van der Waals surface area contributed by atoms with Gasteiger partial charge in [0.2, 0.25) is 0 Å². The lowest BCUT2D eigenvalue weighted by atomic mass is 9.98. The van der Waals surface area contributed by atoms with E-state index in [0.29, 0.717) is 5.92 Å². The van der Waals surface area contributed by atoms with Gasteiger partial charge in [0.25, 0.3) is 0 Å². The maximum Gasteiger partial charge on any atom is 0.195 e. The first-order valence-electron chi connectivity index (χ1n) is 5.78. The summed E-state index contributed by atoms with van der Waals surface area (Å²) in [4.78, 5) is 0. The number of aromatic nitrogens is 3. The number of hydrogen-bond acceptors (Lipinski definition) is 2. The van der Waals surface area contributed by atoms with Gasteiger partial charge in [-0.1, -0.05) is 0 Å². The van der Waals surface area contributed by atoms with Crippen molar-refractivity contribution in [2.24, 2.45) is 5.92 Å². The summed E-state index contributed by atoms with van der Waals surface area (Å²) in [5, 5.41) is 7.36. The number of hydrogen-bond donors (Lipinski definition) is 1. The van der Waals surface area contributed by atoms with E-state index in [1.807, 2.05) is 0 Å². The Kier molecular flexibility index (Phi) is 1.88. The normalized spacial score (nSPS) is 22.0. The summed E-state index contributed by atoms with van der Waals surface area (Å²) < 4.78 is 3.08. The molecule has 1 aromatic heterocycles. The Balaban J connectivity index is 2.08. The molecule has 82 valence electrons. The second-order valence-electron chi connectivity index (χ2n) is 5.42. The second kappa shape index (κ2) is 2.94. The third-order valence-corrected chi connectivity index (χ3v) is 4.07. The lowest BCUT2D eigenvalue weighted by Crippen LogP contribution is -2.30. The van der Waals surface area contributed by atoms with Gasteiger partial charge in [0.05, 0.1) is 0 Å². The first-order chi connectivity index (χ1) is 7.10. The Morgan fingerprint density at radius 1 is 1.33 bits per heavy atom. The molecule has 3 nitrogen and oxygen atoms in total. The molecule has 2 aliphatic rings. The number of aromatic amines is 1. The monoisotopic (exact) mass is 223 g/mol. The Labute approximate surface area is 94.9 Å². The highest BCUT2D eigenvalue weighted by Crippen LogP contribution is 2.47. The van der Waals surface area contributed by atoms with E-state index in [1.54, 1.807) is 0 Å². The van der Waals surface area contributed by atoms with Gasteiger partial charge in [0.15, 0.2) is 4.77 Å². The molecule has 4 heteroatoms. The smallest absolute Gasteiger partial charge is 0.195 e. The molecule has 2 aliphatic carbocycles. The molecule has 0 aromatic carbocycles. The van der Waals surface area contributed by atoms with Crippen LogP contribution in [0.1, 0.15) is 51.3 Å². The fraction of sp³-hybridized carbons (Fsp3) is 0.818. The van der Waals surface area contributed by atoms with Gasteiger partial charge in [-0.25, -0.2) is 0 Å². The highest BCUT2D eigenvalue weighted by atomic mass is 32.1. The van der Waals surface area contributed by atoms with Crippen molar-refractivity contribution in [3.8, 4) is 0 Å². The van der Waals surface area contributed by atoms with Crippen LogP contribution in [0.15, 0.2) is 0 Å². The lowest BCUT2D eigenvalue weighted by molar-refractivity contribution is 0.291. The van der Waals surface area contributed by atoms with Crippen LogP contribution in [-0.2, 0) is 5.54 Å². The third kappa shape index (κ3) is 1.46. The molecule has 0 amide bonds. The first kappa shape index (κ1) is 9.58. The molecule has 2 fully saturated rings. The van der Waals surface area contributed by atoms with Crippen LogP contribution in [0.25, 0.3) is 0 Å². The predicted molar refractivity (Wildman–Crippen MR) is 61.4 cm³/mol. The van der Waals surface area contributed by atoms with Gasteiger partial charge >= 0.3 is 0 Å². The summed E-state index contributed by atoms with van der Waals surface area (Å²) in [6.07, 6.45) is 5.23. The summed E-state index contributed by atoms with van der Waals surface area (Å²) in [5.74, 6) is 2.65. The topological polar surface area (TPSA) is 33.6 Å². The molecule has 0 spiro atoms. The van der Waals surface area contributed by atoms with Gasteiger partial charge in [-0.3, -0.25) is 9.67 Å². The van der Waals surface area contributed by atoms with Crippen molar-refractivity contribution in [1.29, 1.82) is 0 Å². The van der Waals surface area contributed by atoms with E-state index in [4.69, 9.17) is 12.2 Å². The minimum Gasteiger partial charge on any atom is -0.298 e. The Bertz CT molecular complexity index is 435. The predicted octanol–water partition coefficient (Wildman–Crippen LogP) is 2.96. The van der Waals surface area contributed by atoms with Crippen LogP contribution in [0.3, 0.4) is 0 Å². The van der Waals surface area contributed by atoms with Gasteiger partial charge in [0.1, 0.15) is 5.82 Å². The molecule has 0 bridgehead atoms. The van der Waals surface area contributed by atoms with Crippen LogP contribution < -0.4 is 0 Å². The summed E-state index contributed by atoms with van der Waals surface area (Å²) in [6, 6.07) is 0. The molecule has 3 rings (SSSR count). The van der Waals surface area contributed by atoms with E-state index in [-0.39, 0.29) is 5.54 Å². The fourth-order valence-corrected chi connectivity index (χ4v) is 2.83. The van der Waals surface area contributed by atoms with Gasteiger partial charge in [-0.05, 0) is 57.7 Å². The van der Waals surface area contributed by atoms with Crippen molar-refractivity contribution < 1.29 is 0 Å². The van der Waals surface area contributed by atoms with Gasteiger partial charge in [-0.2, -0.15) is 5.10 Å². The summed E-state index contributed by atoms with van der Waals surface area (Å²) in [6.45, 7) is 4.59. The van der Waals surface area contributed by atoms with Crippen LogP contribution in [0.2, 0.25) is 0 Å². The number of nitrogens with one attached hydrogen (secondary N) is 1. The summed E-state index contributed by atoms with van der Waals surface area (Å²) in [5.41, 5.74) is 0.155. The molecular weight excluding hydrogens is 206 g/mol. The van der Waals surface area contributed by atoms with Crippen LogP contribution in [0, 0.1) is 10.7 Å². The van der Waals surface area contributed by atoms with Crippen molar-refractivity contribution in [2.45, 2.75) is 51.0 Å². The number of H-pyrrole nitrogens is 1. The zero-order valence-corrected chi connectivity index (χ0v) is 10.1. The summed E-state index contributed by atoms with van der Waals surface area (Å²) >= 11 is 5.36. The SMILES string of the molecule is CC(C)(C1CC1)n1c(C2CC2)n[nH]c1=S. The molecule has 0 atom stereocenters. The maximum atomic E-state index is 5.36. The molecule has 1 heterocycles. The van der Waals surface area contributed by atoms with E-state index in [9.17, 15) is 0 Å². The maximum absolute atomic E-state index is 5.36. The molecule has 0 unspecified atom stereocenters. The fourth-order valence-electron chi connectivity index (χ4n) is 2.45. The molecule has 15 heavy (non-hydrogen) atoms. The van der Waals surface area contributed by atoms with E-state index in [2.05, 4.69) is 28.6 Å².